The zero-order chi connectivity index (χ0) is 20.4. The number of benzene rings is 3. The molecular formula is C24H22N2O3. The highest BCUT2D eigenvalue weighted by Crippen LogP contribution is 2.40. The molecule has 0 bridgehead atoms. The Kier molecular flexibility index (Phi) is 5.04. The van der Waals surface area contributed by atoms with Gasteiger partial charge in [0.2, 0.25) is 6.54 Å². The maximum atomic E-state index is 11.6. The second kappa shape index (κ2) is 7.80. The van der Waals surface area contributed by atoms with E-state index in [1.807, 2.05) is 67.7 Å². The van der Waals surface area contributed by atoms with Gasteiger partial charge in [-0.3, -0.25) is 10.1 Å². The van der Waals surface area contributed by atoms with E-state index in [0.717, 1.165) is 39.0 Å². The maximum Gasteiger partial charge on any atom is 0.214 e. The number of rotatable bonds is 6. The molecule has 0 saturated carbocycles. The molecule has 29 heavy (non-hydrogen) atoms. The summed E-state index contributed by atoms with van der Waals surface area (Å²) in [6.45, 7) is -0.180. The number of ether oxygens (including phenoxy) is 1. The second-order valence-corrected chi connectivity index (χ2v) is 7.05. The van der Waals surface area contributed by atoms with Gasteiger partial charge in [0.1, 0.15) is 5.75 Å². The van der Waals surface area contributed by atoms with Gasteiger partial charge in [0, 0.05) is 22.9 Å². The summed E-state index contributed by atoms with van der Waals surface area (Å²) in [5.74, 6) is 0.354. The number of para-hydroxylation sites is 1. The van der Waals surface area contributed by atoms with Gasteiger partial charge in [-0.2, -0.15) is 0 Å². The summed E-state index contributed by atoms with van der Waals surface area (Å²) in [4.78, 5) is 11.4. The van der Waals surface area contributed by atoms with Crippen LogP contribution in [0, 0.1) is 10.1 Å². The molecule has 0 N–H and O–H groups in total. The van der Waals surface area contributed by atoms with Gasteiger partial charge in [0.05, 0.1) is 18.7 Å². The molecule has 1 atom stereocenters. The Morgan fingerprint density at radius 2 is 1.62 bits per heavy atom. The van der Waals surface area contributed by atoms with E-state index in [0.29, 0.717) is 0 Å². The van der Waals surface area contributed by atoms with E-state index < -0.39 is 0 Å². The minimum Gasteiger partial charge on any atom is -0.497 e. The van der Waals surface area contributed by atoms with Crippen LogP contribution >= 0.6 is 0 Å². The molecule has 1 heterocycles. The van der Waals surface area contributed by atoms with E-state index in [-0.39, 0.29) is 17.4 Å². The van der Waals surface area contributed by atoms with Crippen LogP contribution in [0.4, 0.5) is 0 Å². The maximum absolute atomic E-state index is 11.6. The molecule has 0 spiro atoms. The molecule has 0 aliphatic rings. The third-order valence-corrected chi connectivity index (χ3v) is 5.39. The average molecular weight is 386 g/mol. The standard InChI is InChI=1S/C24H22N2O3/c1-25-22-11-7-6-10-20(22)23(24(25)18-8-4-3-5-9-18)21(16-26(27)28)17-12-14-19(29-2)15-13-17/h3-15,21H,16H2,1-2H3/t21-/m1/s1. The fraction of sp³-hybridized carbons (Fsp3) is 0.167. The first kappa shape index (κ1) is 18.7. The van der Waals surface area contributed by atoms with Gasteiger partial charge >= 0.3 is 0 Å². The first-order chi connectivity index (χ1) is 14.1. The predicted molar refractivity (Wildman–Crippen MR) is 115 cm³/mol. The fourth-order valence-electron chi connectivity index (χ4n) is 4.07. The molecular weight excluding hydrogens is 364 g/mol. The molecule has 5 heteroatoms. The predicted octanol–water partition coefficient (Wildman–Crippen LogP) is 5.26. The number of aryl methyl sites for hydroxylation is 1. The van der Waals surface area contributed by atoms with Crippen LogP contribution in [0.5, 0.6) is 5.75 Å². The Morgan fingerprint density at radius 1 is 0.966 bits per heavy atom. The van der Waals surface area contributed by atoms with Crippen molar-refractivity contribution in [2.45, 2.75) is 5.92 Å². The molecule has 0 aliphatic heterocycles. The molecule has 5 nitrogen and oxygen atoms in total. The normalized spacial score (nSPS) is 12.1. The molecule has 0 unspecified atom stereocenters. The van der Waals surface area contributed by atoms with Crippen molar-refractivity contribution in [3.05, 3.63) is 100 Å². The van der Waals surface area contributed by atoms with Gasteiger partial charge in [-0.1, -0.05) is 60.7 Å². The first-order valence-electron chi connectivity index (χ1n) is 9.48. The monoisotopic (exact) mass is 386 g/mol. The zero-order valence-corrected chi connectivity index (χ0v) is 16.4. The summed E-state index contributed by atoms with van der Waals surface area (Å²) < 4.78 is 7.40. The lowest BCUT2D eigenvalue weighted by molar-refractivity contribution is -0.481. The van der Waals surface area contributed by atoms with E-state index in [1.54, 1.807) is 7.11 Å². The Morgan fingerprint density at radius 3 is 2.28 bits per heavy atom. The number of nitrogens with zero attached hydrogens (tertiary/aromatic N) is 2. The average Bonchev–Trinajstić information content (AvgIpc) is 3.05. The van der Waals surface area contributed by atoms with Crippen molar-refractivity contribution in [2.75, 3.05) is 13.7 Å². The number of aromatic nitrogens is 1. The number of methoxy groups -OCH3 is 1. The van der Waals surface area contributed by atoms with Gasteiger partial charge in [0.25, 0.3) is 0 Å². The zero-order valence-electron chi connectivity index (χ0n) is 16.4. The van der Waals surface area contributed by atoms with Crippen molar-refractivity contribution < 1.29 is 9.66 Å². The smallest absolute Gasteiger partial charge is 0.214 e. The first-order valence-corrected chi connectivity index (χ1v) is 9.48. The minimum absolute atomic E-state index is 0.180. The van der Waals surface area contributed by atoms with Crippen LogP contribution in [-0.2, 0) is 7.05 Å². The topological polar surface area (TPSA) is 57.3 Å². The molecule has 0 radical (unpaired) electrons. The summed E-state index contributed by atoms with van der Waals surface area (Å²) in [7, 11) is 3.63. The van der Waals surface area contributed by atoms with E-state index >= 15 is 0 Å². The number of hydrogen-bond acceptors (Lipinski definition) is 3. The fourth-order valence-corrected chi connectivity index (χ4v) is 4.07. The third-order valence-electron chi connectivity index (χ3n) is 5.39. The Labute approximate surface area is 169 Å². The minimum atomic E-state index is -0.378. The largest absolute Gasteiger partial charge is 0.497 e. The van der Waals surface area contributed by atoms with Crippen molar-refractivity contribution in [2.24, 2.45) is 7.05 Å². The molecule has 1 aromatic heterocycles. The van der Waals surface area contributed by atoms with Crippen LogP contribution in [-0.4, -0.2) is 23.1 Å². The highest BCUT2D eigenvalue weighted by Gasteiger charge is 2.28. The second-order valence-electron chi connectivity index (χ2n) is 7.05. The molecule has 0 saturated heterocycles. The summed E-state index contributed by atoms with van der Waals surface area (Å²) in [6, 6.07) is 25.7. The van der Waals surface area contributed by atoms with Crippen molar-refractivity contribution in [3.8, 4) is 17.0 Å². The lowest BCUT2D eigenvalue weighted by atomic mass is 9.87. The SMILES string of the molecule is COc1ccc([C@@H](C[N+](=O)[O-])c2c(-c3ccccc3)n(C)c3ccccc23)cc1. The van der Waals surface area contributed by atoms with Gasteiger partial charge in [0.15, 0.2) is 0 Å². The molecule has 146 valence electrons. The highest BCUT2D eigenvalue weighted by molar-refractivity contribution is 5.93. The van der Waals surface area contributed by atoms with E-state index in [4.69, 9.17) is 4.74 Å². The van der Waals surface area contributed by atoms with E-state index in [1.165, 1.54) is 0 Å². The van der Waals surface area contributed by atoms with Gasteiger partial charge < -0.3 is 9.30 Å². The molecule has 4 aromatic rings. The van der Waals surface area contributed by atoms with E-state index in [9.17, 15) is 10.1 Å². The summed E-state index contributed by atoms with van der Waals surface area (Å²) in [5.41, 5.74) is 4.99. The molecule has 0 fully saturated rings. The van der Waals surface area contributed by atoms with Crippen molar-refractivity contribution >= 4 is 10.9 Å². The summed E-state index contributed by atoms with van der Waals surface area (Å²) in [5, 5.41) is 12.7. The van der Waals surface area contributed by atoms with Crippen LogP contribution in [0.15, 0.2) is 78.9 Å². The van der Waals surface area contributed by atoms with Gasteiger partial charge in [-0.05, 0) is 34.9 Å². The molecule has 4 rings (SSSR count). The van der Waals surface area contributed by atoms with Crippen LogP contribution in [0.3, 0.4) is 0 Å². The molecule has 3 aromatic carbocycles. The number of hydrogen-bond donors (Lipinski definition) is 0. The Bertz CT molecular complexity index is 1150. The number of nitro groups is 1. The summed E-state index contributed by atoms with van der Waals surface area (Å²) in [6.07, 6.45) is 0. The van der Waals surface area contributed by atoms with Gasteiger partial charge in [-0.15, -0.1) is 0 Å². The summed E-state index contributed by atoms with van der Waals surface area (Å²) >= 11 is 0. The lowest BCUT2D eigenvalue weighted by Crippen LogP contribution is -2.15. The van der Waals surface area contributed by atoms with Crippen molar-refractivity contribution in [1.82, 2.24) is 4.57 Å². The van der Waals surface area contributed by atoms with Crippen molar-refractivity contribution in [3.63, 3.8) is 0 Å². The lowest BCUT2D eigenvalue weighted by Gasteiger charge is -2.17. The van der Waals surface area contributed by atoms with Crippen molar-refractivity contribution in [1.29, 1.82) is 0 Å². The third kappa shape index (κ3) is 3.47. The van der Waals surface area contributed by atoms with Crippen LogP contribution in [0.2, 0.25) is 0 Å². The van der Waals surface area contributed by atoms with Gasteiger partial charge in [-0.25, -0.2) is 0 Å². The number of fused-ring (bicyclic) bond motifs is 1. The van der Waals surface area contributed by atoms with Crippen LogP contribution < -0.4 is 4.74 Å². The van der Waals surface area contributed by atoms with Crippen LogP contribution in [0.25, 0.3) is 22.2 Å². The Balaban J connectivity index is 2.01. The Hall–Kier alpha value is -3.60. The van der Waals surface area contributed by atoms with Crippen LogP contribution in [0.1, 0.15) is 17.0 Å². The molecule has 0 amide bonds. The highest BCUT2D eigenvalue weighted by atomic mass is 16.6. The quantitative estimate of drug-likeness (QED) is 0.335. The van der Waals surface area contributed by atoms with E-state index in [2.05, 4.69) is 22.8 Å². The molecule has 0 aliphatic carbocycles.